The Balaban J connectivity index is 2.28. The first-order valence-electron chi connectivity index (χ1n) is 8.10. The summed E-state index contributed by atoms with van der Waals surface area (Å²) in [5, 5.41) is 9.82. The summed E-state index contributed by atoms with van der Waals surface area (Å²) in [6.07, 6.45) is 7.47. The van der Waals surface area contributed by atoms with E-state index in [0.717, 1.165) is 10.6 Å². The van der Waals surface area contributed by atoms with Crippen LogP contribution in [0.25, 0.3) is 12.2 Å². The maximum atomic E-state index is 14.5. The van der Waals surface area contributed by atoms with Crippen LogP contribution in [0.4, 0.5) is 4.39 Å². The molecule has 0 bridgehead atoms. The number of nitrogens with one attached hydrogen (secondary N) is 3. The van der Waals surface area contributed by atoms with Crippen molar-refractivity contribution in [2.75, 3.05) is 7.05 Å². The third-order valence-corrected chi connectivity index (χ3v) is 3.78. The van der Waals surface area contributed by atoms with Crippen molar-refractivity contribution in [2.24, 2.45) is 4.99 Å². The molecule has 1 aromatic carbocycles. The lowest BCUT2D eigenvalue weighted by Gasteiger charge is -2.10. The number of amides is 1. The van der Waals surface area contributed by atoms with Crippen molar-refractivity contribution in [1.82, 2.24) is 15.4 Å². The van der Waals surface area contributed by atoms with Gasteiger partial charge in [-0.05, 0) is 30.4 Å². The van der Waals surface area contributed by atoms with E-state index in [0.29, 0.717) is 17.7 Å². The third-order valence-electron chi connectivity index (χ3n) is 3.78. The molecule has 1 aromatic heterocycles. The molecular formula is C19H22FN5O. The van der Waals surface area contributed by atoms with Crippen LogP contribution >= 0.6 is 0 Å². The second-order valence-electron chi connectivity index (χ2n) is 5.63. The van der Waals surface area contributed by atoms with Crippen LogP contribution in [-0.2, 0) is 11.3 Å². The second-order valence-corrected chi connectivity index (χ2v) is 5.63. The summed E-state index contributed by atoms with van der Waals surface area (Å²) in [6, 6.07) is 6.53. The van der Waals surface area contributed by atoms with Crippen molar-refractivity contribution in [2.45, 2.75) is 20.4 Å². The zero-order valence-electron chi connectivity index (χ0n) is 15.0. The molecule has 0 unspecified atom stereocenters. The van der Waals surface area contributed by atoms with Gasteiger partial charge in [-0.3, -0.25) is 26.0 Å². The fraction of sp³-hybridized carbons (Fsp3) is 0.211. The van der Waals surface area contributed by atoms with Crippen molar-refractivity contribution in [3.8, 4) is 0 Å². The molecule has 0 spiro atoms. The monoisotopic (exact) mass is 355 g/mol. The first kappa shape index (κ1) is 19.1. The normalized spacial score (nSPS) is 12.6. The van der Waals surface area contributed by atoms with Crippen LogP contribution in [0.2, 0.25) is 0 Å². The first-order chi connectivity index (χ1) is 12.5. The minimum Gasteiger partial charge on any atom is -0.343 e. The first-order valence-corrected chi connectivity index (χ1v) is 8.10. The fourth-order valence-corrected chi connectivity index (χ4v) is 2.46. The molecule has 1 heterocycles. The number of aromatic nitrogens is 1. The average molecular weight is 355 g/mol. The number of carbonyl (C=O) groups excluding carboxylic acids is 1. The van der Waals surface area contributed by atoms with Crippen molar-refractivity contribution < 1.29 is 9.18 Å². The Morgan fingerprint density at radius 2 is 2.12 bits per heavy atom. The highest BCUT2D eigenvalue weighted by Crippen LogP contribution is 2.11. The highest BCUT2D eigenvalue weighted by molar-refractivity contribution is 5.97. The van der Waals surface area contributed by atoms with Gasteiger partial charge in [0.15, 0.2) is 0 Å². The summed E-state index contributed by atoms with van der Waals surface area (Å²) in [5.41, 5.74) is 5.57. The van der Waals surface area contributed by atoms with E-state index in [1.807, 2.05) is 35.9 Å². The van der Waals surface area contributed by atoms with E-state index in [9.17, 15) is 9.18 Å². The van der Waals surface area contributed by atoms with Crippen molar-refractivity contribution in [3.63, 3.8) is 0 Å². The Bertz CT molecular complexity index is 959. The summed E-state index contributed by atoms with van der Waals surface area (Å²) in [5.74, 6) is -0.826. The molecule has 2 rings (SSSR count). The maximum absolute atomic E-state index is 14.5. The van der Waals surface area contributed by atoms with Gasteiger partial charge in [0.05, 0.1) is 6.54 Å². The zero-order chi connectivity index (χ0) is 19.1. The standard InChI is InChI=1S/C19H22FN5O/c1-4-14-8-10-25(18(14)7-9-22-3)12-16-6-5-15(11-17(16)20)19(21)24-23-13(2)26/h4-11H,12H2,1-3H3,(H2,21,24)(H,23,26)/b14-4-,18-7+,22-9+. The molecule has 1 amide bonds. The molecule has 7 heteroatoms. The third kappa shape index (κ3) is 4.66. The molecule has 2 aromatic rings. The Morgan fingerprint density at radius 3 is 2.73 bits per heavy atom. The van der Waals surface area contributed by atoms with Gasteiger partial charge in [0.1, 0.15) is 11.7 Å². The predicted molar refractivity (Wildman–Crippen MR) is 102 cm³/mol. The number of halogens is 1. The molecule has 6 nitrogen and oxygen atoms in total. The van der Waals surface area contributed by atoms with E-state index in [4.69, 9.17) is 5.41 Å². The molecule has 3 N–H and O–H groups in total. The number of hydrazine groups is 1. The average Bonchev–Trinajstić information content (AvgIpc) is 3.01. The lowest BCUT2D eigenvalue weighted by molar-refractivity contribution is -0.119. The van der Waals surface area contributed by atoms with Crippen LogP contribution in [0, 0.1) is 11.2 Å². The Labute approximate surface area is 151 Å². The molecule has 0 aliphatic carbocycles. The number of hydrogen-bond donors (Lipinski definition) is 3. The maximum Gasteiger partial charge on any atom is 0.235 e. The molecule has 26 heavy (non-hydrogen) atoms. The number of carbonyl (C=O) groups is 1. The largest absolute Gasteiger partial charge is 0.343 e. The smallest absolute Gasteiger partial charge is 0.235 e. The zero-order valence-corrected chi connectivity index (χ0v) is 15.0. The summed E-state index contributed by atoms with van der Waals surface area (Å²) in [6.45, 7) is 3.62. The number of nitrogens with zero attached hydrogens (tertiary/aromatic N) is 2. The minimum absolute atomic E-state index is 0.0809. The molecule has 136 valence electrons. The van der Waals surface area contributed by atoms with E-state index >= 15 is 0 Å². The summed E-state index contributed by atoms with van der Waals surface area (Å²) >= 11 is 0. The summed E-state index contributed by atoms with van der Waals surface area (Å²) in [4.78, 5) is 14.8. The molecule has 0 saturated carbocycles. The number of aliphatic imine (C=N–C) groups is 1. The van der Waals surface area contributed by atoms with Crippen LogP contribution < -0.4 is 21.4 Å². The Kier molecular flexibility index (Phi) is 6.43. The van der Waals surface area contributed by atoms with Crippen LogP contribution in [0.15, 0.2) is 35.5 Å². The number of amidine groups is 1. The van der Waals surface area contributed by atoms with E-state index in [1.54, 1.807) is 25.4 Å². The van der Waals surface area contributed by atoms with Gasteiger partial charge in [-0.1, -0.05) is 18.2 Å². The van der Waals surface area contributed by atoms with E-state index in [2.05, 4.69) is 15.8 Å². The van der Waals surface area contributed by atoms with Crippen molar-refractivity contribution in [1.29, 1.82) is 5.41 Å². The van der Waals surface area contributed by atoms with Gasteiger partial charge in [0.25, 0.3) is 0 Å². The van der Waals surface area contributed by atoms with Gasteiger partial charge in [0.2, 0.25) is 5.91 Å². The van der Waals surface area contributed by atoms with Gasteiger partial charge in [-0.2, -0.15) is 0 Å². The van der Waals surface area contributed by atoms with Crippen molar-refractivity contribution >= 4 is 30.1 Å². The Hall–Kier alpha value is -3.22. The van der Waals surface area contributed by atoms with Gasteiger partial charge in [-0.15, -0.1) is 0 Å². The lowest BCUT2D eigenvalue weighted by atomic mass is 10.1. The van der Waals surface area contributed by atoms with Gasteiger partial charge < -0.3 is 4.57 Å². The molecule has 0 aliphatic heterocycles. The van der Waals surface area contributed by atoms with E-state index in [1.165, 1.54) is 13.0 Å². The quantitative estimate of drug-likeness (QED) is 0.433. The molecule has 0 saturated heterocycles. The fourth-order valence-electron chi connectivity index (χ4n) is 2.46. The number of benzene rings is 1. The summed E-state index contributed by atoms with van der Waals surface area (Å²) in [7, 11) is 1.70. The van der Waals surface area contributed by atoms with Gasteiger partial charge >= 0.3 is 0 Å². The SMILES string of the molecule is C/C=c1/ccn(Cc2ccc(C(=N)NNC(C)=O)cc2F)/c1=C/C=N/C. The predicted octanol–water partition coefficient (Wildman–Crippen LogP) is 0.923. The lowest BCUT2D eigenvalue weighted by Crippen LogP contribution is -2.40. The number of hydrogen-bond acceptors (Lipinski definition) is 3. The highest BCUT2D eigenvalue weighted by atomic mass is 19.1. The van der Waals surface area contributed by atoms with E-state index < -0.39 is 5.82 Å². The molecule has 0 fully saturated rings. The van der Waals surface area contributed by atoms with Crippen LogP contribution in [0.3, 0.4) is 0 Å². The molecule has 0 radical (unpaired) electrons. The van der Waals surface area contributed by atoms with Crippen molar-refractivity contribution in [3.05, 3.63) is 58.0 Å². The van der Waals surface area contributed by atoms with Gasteiger partial charge in [-0.25, -0.2) is 4.39 Å². The molecule has 0 atom stereocenters. The molecular weight excluding hydrogens is 333 g/mol. The van der Waals surface area contributed by atoms with Crippen LogP contribution in [0.1, 0.15) is 25.0 Å². The highest BCUT2D eigenvalue weighted by Gasteiger charge is 2.08. The second kappa shape index (κ2) is 8.75. The minimum atomic E-state index is -0.414. The van der Waals surface area contributed by atoms with Crippen LogP contribution in [0.5, 0.6) is 0 Å². The molecule has 0 aliphatic rings. The topological polar surface area (TPSA) is 82.3 Å². The number of rotatable bonds is 4. The van der Waals surface area contributed by atoms with Crippen LogP contribution in [-0.4, -0.2) is 29.6 Å². The summed E-state index contributed by atoms with van der Waals surface area (Å²) < 4.78 is 16.4. The van der Waals surface area contributed by atoms with Gasteiger partial charge in [0, 0.05) is 42.9 Å². The Morgan fingerprint density at radius 1 is 1.35 bits per heavy atom. The van der Waals surface area contributed by atoms with E-state index in [-0.39, 0.29) is 11.7 Å².